The zero-order valence-electron chi connectivity index (χ0n) is 16.5. The lowest BCUT2D eigenvalue weighted by molar-refractivity contribution is -0.115. The van der Waals surface area contributed by atoms with Gasteiger partial charge in [-0.1, -0.05) is 103 Å². The molecule has 4 rings (SSSR count). The Hall–Kier alpha value is -2.73. The van der Waals surface area contributed by atoms with Crippen LogP contribution in [0.15, 0.2) is 89.8 Å². The lowest BCUT2D eigenvalue weighted by Crippen LogP contribution is -2.25. The molecule has 5 heteroatoms. The molecule has 0 spiro atoms. The van der Waals surface area contributed by atoms with Crippen molar-refractivity contribution in [2.75, 3.05) is 0 Å². The highest BCUT2D eigenvalue weighted by molar-refractivity contribution is 8.26. The van der Waals surface area contributed by atoms with Crippen LogP contribution in [0.1, 0.15) is 41.3 Å². The minimum atomic E-state index is -0.133. The highest BCUT2D eigenvalue weighted by atomic mass is 32.2. The van der Waals surface area contributed by atoms with Crippen molar-refractivity contribution in [1.82, 2.24) is 10.6 Å². The van der Waals surface area contributed by atoms with Gasteiger partial charge in [0, 0.05) is 6.04 Å². The highest BCUT2D eigenvalue weighted by Crippen LogP contribution is 2.29. The second-order valence-corrected chi connectivity index (χ2v) is 8.88. The van der Waals surface area contributed by atoms with Gasteiger partial charge in [0.05, 0.1) is 10.9 Å². The first kappa shape index (κ1) is 20.5. The maximum absolute atomic E-state index is 12.0. The third-order valence-electron chi connectivity index (χ3n) is 5.03. The van der Waals surface area contributed by atoms with E-state index in [2.05, 4.69) is 78.2 Å². The molecule has 1 unspecified atom stereocenters. The first-order valence-corrected chi connectivity index (χ1v) is 11.0. The summed E-state index contributed by atoms with van der Waals surface area (Å²) in [4.78, 5) is 12.7. The number of hydrogen-bond acceptors (Lipinski definition) is 4. The van der Waals surface area contributed by atoms with Crippen molar-refractivity contribution in [2.24, 2.45) is 0 Å². The number of carbonyl (C=O) groups is 1. The summed E-state index contributed by atoms with van der Waals surface area (Å²) in [6, 6.07) is 29.3. The van der Waals surface area contributed by atoms with Crippen molar-refractivity contribution in [3.05, 3.63) is 112 Å². The van der Waals surface area contributed by atoms with Crippen molar-refractivity contribution in [3.63, 3.8) is 0 Å². The van der Waals surface area contributed by atoms with Crippen molar-refractivity contribution in [3.8, 4) is 0 Å². The molecule has 0 aromatic heterocycles. The maximum Gasteiger partial charge on any atom is 0.263 e. The van der Waals surface area contributed by atoms with Gasteiger partial charge in [0.1, 0.15) is 4.32 Å². The minimum Gasteiger partial charge on any atom is -0.307 e. The van der Waals surface area contributed by atoms with Gasteiger partial charge in [0.25, 0.3) is 5.91 Å². The van der Waals surface area contributed by atoms with Crippen LogP contribution >= 0.6 is 24.0 Å². The minimum absolute atomic E-state index is 0.0193. The standard InChI is InChI=1S/C25H22N2OS2/c1-17(19-10-4-2-5-11-19)26-23(20-12-6-3-7-13-20)21-14-8-9-18(15-21)16-22-24(28)27-25(29)30-22/h2-17,23,26H,1H3,(H,27,28,29)/t17-,23?/m1/s1. The molecule has 0 aliphatic carbocycles. The van der Waals surface area contributed by atoms with E-state index < -0.39 is 0 Å². The monoisotopic (exact) mass is 430 g/mol. The number of thiocarbonyl (C=S) groups is 1. The van der Waals surface area contributed by atoms with Gasteiger partial charge in [-0.15, -0.1) is 0 Å². The molecule has 1 saturated heterocycles. The van der Waals surface area contributed by atoms with E-state index >= 15 is 0 Å². The molecule has 2 atom stereocenters. The van der Waals surface area contributed by atoms with Crippen molar-refractivity contribution in [1.29, 1.82) is 0 Å². The van der Waals surface area contributed by atoms with E-state index in [0.29, 0.717) is 9.23 Å². The zero-order valence-corrected chi connectivity index (χ0v) is 18.2. The molecule has 1 fully saturated rings. The molecule has 1 amide bonds. The molecule has 3 aromatic rings. The number of nitrogens with one attached hydrogen (secondary N) is 2. The predicted molar refractivity (Wildman–Crippen MR) is 129 cm³/mol. The molecule has 1 aliphatic rings. The molecule has 0 radical (unpaired) electrons. The average Bonchev–Trinajstić information content (AvgIpc) is 3.09. The van der Waals surface area contributed by atoms with Gasteiger partial charge in [-0.2, -0.15) is 0 Å². The van der Waals surface area contributed by atoms with E-state index in [0.717, 1.165) is 11.1 Å². The largest absolute Gasteiger partial charge is 0.307 e. The van der Waals surface area contributed by atoms with E-state index in [-0.39, 0.29) is 18.0 Å². The summed E-state index contributed by atoms with van der Waals surface area (Å²) in [6.07, 6.45) is 1.89. The lowest BCUT2D eigenvalue weighted by Gasteiger charge is -2.25. The summed E-state index contributed by atoms with van der Waals surface area (Å²) < 4.78 is 0.503. The van der Waals surface area contributed by atoms with Gasteiger partial charge in [-0.05, 0) is 41.3 Å². The van der Waals surface area contributed by atoms with Gasteiger partial charge in [0.2, 0.25) is 0 Å². The van der Waals surface area contributed by atoms with Crippen LogP contribution in [-0.4, -0.2) is 10.2 Å². The van der Waals surface area contributed by atoms with Crippen molar-refractivity contribution < 1.29 is 4.79 Å². The molecule has 2 N–H and O–H groups in total. The summed E-state index contributed by atoms with van der Waals surface area (Å²) in [5.41, 5.74) is 4.55. The van der Waals surface area contributed by atoms with Gasteiger partial charge in [-0.3, -0.25) is 10.1 Å². The van der Waals surface area contributed by atoms with Crippen LogP contribution in [0.2, 0.25) is 0 Å². The topological polar surface area (TPSA) is 41.1 Å². The van der Waals surface area contributed by atoms with E-state index in [1.54, 1.807) is 0 Å². The summed E-state index contributed by atoms with van der Waals surface area (Å²) >= 11 is 6.40. The second kappa shape index (κ2) is 9.39. The molecule has 1 heterocycles. The average molecular weight is 431 g/mol. The number of carbonyl (C=O) groups excluding carboxylic acids is 1. The van der Waals surface area contributed by atoms with E-state index in [9.17, 15) is 4.79 Å². The summed E-state index contributed by atoms with van der Waals surface area (Å²) in [5, 5.41) is 6.45. The van der Waals surface area contributed by atoms with E-state index in [4.69, 9.17) is 12.2 Å². The Labute approximate surface area is 186 Å². The fourth-order valence-corrected chi connectivity index (χ4v) is 4.56. The fourth-order valence-electron chi connectivity index (χ4n) is 3.52. The Morgan fingerprint density at radius 1 is 0.900 bits per heavy atom. The quantitative estimate of drug-likeness (QED) is 0.394. The van der Waals surface area contributed by atoms with Gasteiger partial charge >= 0.3 is 0 Å². The highest BCUT2D eigenvalue weighted by Gasteiger charge is 2.22. The number of rotatable bonds is 6. The van der Waals surface area contributed by atoms with Crippen LogP contribution in [0.3, 0.4) is 0 Å². The molecule has 3 aromatic carbocycles. The Bertz CT molecular complexity index is 1080. The zero-order chi connectivity index (χ0) is 20.9. The Balaban J connectivity index is 1.67. The van der Waals surface area contributed by atoms with E-state index in [1.165, 1.54) is 22.9 Å². The number of amides is 1. The van der Waals surface area contributed by atoms with Crippen LogP contribution in [0.4, 0.5) is 0 Å². The van der Waals surface area contributed by atoms with Gasteiger partial charge < -0.3 is 5.32 Å². The van der Waals surface area contributed by atoms with Crippen LogP contribution < -0.4 is 10.6 Å². The molecule has 3 nitrogen and oxygen atoms in total. The summed E-state index contributed by atoms with van der Waals surface area (Å²) in [6.45, 7) is 2.18. The smallest absolute Gasteiger partial charge is 0.263 e. The number of thioether (sulfide) groups is 1. The first-order valence-electron chi connectivity index (χ1n) is 9.81. The van der Waals surface area contributed by atoms with E-state index in [1.807, 2.05) is 30.3 Å². The number of benzene rings is 3. The SMILES string of the molecule is C[C@@H](NC(c1ccccc1)c1cccc(C=C2SC(=S)NC2=O)c1)c1ccccc1. The van der Waals surface area contributed by atoms with Gasteiger partial charge in [0.15, 0.2) is 0 Å². The van der Waals surface area contributed by atoms with Crippen LogP contribution in [0, 0.1) is 0 Å². The normalized spacial score (nSPS) is 17.0. The molecule has 30 heavy (non-hydrogen) atoms. The van der Waals surface area contributed by atoms with Gasteiger partial charge in [-0.25, -0.2) is 0 Å². The Morgan fingerprint density at radius 2 is 1.53 bits per heavy atom. The first-order chi connectivity index (χ1) is 14.6. The van der Waals surface area contributed by atoms with Crippen LogP contribution in [0.5, 0.6) is 0 Å². The molecule has 0 saturated carbocycles. The van der Waals surface area contributed by atoms with Crippen molar-refractivity contribution in [2.45, 2.75) is 19.0 Å². The summed E-state index contributed by atoms with van der Waals surface area (Å²) in [5.74, 6) is -0.133. The third-order valence-corrected chi connectivity index (χ3v) is 6.20. The molecular weight excluding hydrogens is 408 g/mol. The Morgan fingerprint density at radius 3 is 2.17 bits per heavy atom. The molecule has 0 bridgehead atoms. The maximum atomic E-state index is 12.0. The molecule has 150 valence electrons. The molecular formula is C25H22N2OS2. The lowest BCUT2D eigenvalue weighted by atomic mass is 9.95. The number of hydrogen-bond donors (Lipinski definition) is 2. The van der Waals surface area contributed by atoms with Crippen LogP contribution in [0.25, 0.3) is 6.08 Å². The second-order valence-electron chi connectivity index (χ2n) is 7.17. The van der Waals surface area contributed by atoms with Crippen LogP contribution in [-0.2, 0) is 4.79 Å². The third kappa shape index (κ3) is 4.87. The fraction of sp³-hybridized carbons (Fsp3) is 0.120. The molecule has 1 aliphatic heterocycles. The van der Waals surface area contributed by atoms with Crippen molar-refractivity contribution >= 4 is 40.3 Å². The Kier molecular flexibility index (Phi) is 6.43. The summed E-state index contributed by atoms with van der Waals surface area (Å²) in [7, 11) is 0. The predicted octanol–water partition coefficient (Wildman–Crippen LogP) is 5.62.